The predicted molar refractivity (Wildman–Crippen MR) is 68.7 cm³/mol. The molecule has 0 radical (unpaired) electrons. The fraction of sp³-hybridized carbons (Fsp3) is 0.214. The van der Waals surface area contributed by atoms with E-state index in [1.54, 1.807) is 24.4 Å². The van der Waals surface area contributed by atoms with Crippen molar-refractivity contribution < 1.29 is 9.13 Å². The molecule has 0 saturated heterocycles. The van der Waals surface area contributed by atoms with Crippen LogP contribution in [0.15, 0.2) is 42.6 Å². The molecule has 1 N–H and O–H groups in total. The molecule has 0 saturated carbocycles. The first kappa shape index (κ1) is 12.5. The van der Waals surface area contributed by atoms with Gasteiger partial charge in [0, 0.05) is 18.8 Å². The van der Waals surface area contributed by atoms with Crippen LogP contribution >= 0.6 is 0 Å². The van der Waals surface area contributed by atoms with Gasteiger partial charge in [0.2, 0.25) is 0 Å². The zero-order chi connectivity index (χ0) is 12.8. The predicted octanol–water partition coefficient (Wildman–Crippen LogP) is 2.98. The van der Waals surface area contributed by atoms with Crippen molar-refractivity contribution in [3.8, 4) is 0 Å². The van der Waals surface area contributed by atoms with Crippen molar-refractivity contribution in [3.63, 3.8) is 0 Å². The maximum Gasteiger partial charge on any atom is 0.128 e. The van der Waals surface area contributed by atoms with Crippen LogP contribution in [0.1, 0.15) is 11.1 Å². The lowest BCUT2D eigenvalue weighted by atomic mass is 10.2. The van der Waals surface area contributed by atoms with Gasteiger partial charge in [0.15, 0.2) is 0 Å². The first-order chi connectivity index (χ1) is 8.79. The van der Waals surface area contributed by atoms with E-state index in [9.17, 15) is 4.39 Å². The zero-order valence-electron chi connectivity index (χ0n) is 10.2. The molecule has 94 valence electrons. The third-order valence-corrected chi connectivity index (χ3v) is 2.57. The van der Waals surface area contributed by atoms with E-state index in [-0.39, 0.29) is 12.4 Å². The second-order valence-corrected chi connectivity index (χ2v) is 3.89. The Kier molecular flexibility index (Phi) is 4.25. The molecule has 0 atom stereocenters. The van der Waals surface area contributed by atoms with Crippen LogP contribution in [0.4, 0.5) is 10.2 Å². The van der Waals surface area contributed by atoms with Crippen molar-refractivity contribution in [2.75, 3.05) is 12.4 Å². The molecule has 0 spiro atoms. The number of hydrogen-bond acceptors (Lipinski definition) is 3. The molecule has 1 aromatic heterocycles. The molecule has 4 heteroatoms. The van der Waals surface area contributed by atoms with Crippen molar-refractivity contribution in [1.29, 1.82) is 0 Å². The molecule has 1 aromatic carbocycles. The van der Waals surface area contributed by atoms with Crippen LogP contribution in [0, 0.1) is 5.82 Å². The molecule has 0 bridgehead atoms. The Bertz CT molecular complexity index is 499. The summed E-state index contributed by atoms with van der Waals surface area (Å²) in [6.45, 7) is 0.686. The van der Waals surface area contributed by atoms with E-state index < -0.39 is 0 Å². The minimum absolute atomic E-state index is 0.235. The van der Waals surface area contributed by atoms with E-state index in [1.165, 1.54) is 6.07 Å². The molecule has 0 unspecified atom stereocenters. The highest BCUT2D eigenvalue weighted by Gasteiger charge is 2.01. The second-order valence-electron chi connectivity index (χ2n) is 3.89. The number of benzene rings is 1. The van der Waals surface area contributed by atoms with Crippen molar-refractivity contribution >= 4 is 5.82 Å². The summed E-state index contributed by atoms with van der Waals surface area (Å²) in [4.78, 5) is 4.18. The van der Waals surface area contributed by atoms with Crippen LogP contribution in [-0.4, -0.2) is 12.0 Å². The Morgan fingerprint density at radius 1 is 1.17 bits per heavy atom. The fourth-order valence-corrected chi connectivity index (χ4v) is 1.55. The first-order valence-electron chi connectivity index (χ1n) is 5.73. The largest absolute Gasteiger partial charge is 0.373 e. The number of rotatable bonds is 5. The Labute approximate surface area is 106 Å². The quantitative estimate of drug-likeness (QED) is 0.880. The van der Waals surface area contributed by atoms with E-state index >= 15 is 0 Å². The third-order valence-electron chi connectivity index (χ3n) is 2.57. The normalized spacial score (nSPS) is 10.3. The third kappa shape index (κ3) is 3.28. The molecule has 0 aliphatic rings. The summed E-state index contributed by atoms with van der Waals surface area (Å²) in [5, 5.41) is 2.94. The summed E-state index contributed by atoms with van der Waals surface area (Å²) in [5.41, 5.74) is 1.53. The number of ether oxygens (including phenoxy) is 1. The number of anilines is 1. The van der Waals surface area contributed by atoms with Crippen molar-refractivity contribution in [1.82, 2.24) is 4.98 Å². The average molecular weight is 246 g/mol. The second kappa shape index (κ2) is 6.12. The summed E-state index contributed by atoms with van der Waals surface area (Å²) in [6, 6.07) is 10.4. The van der Waals surface area contributed by atoms with E-state index in [0.717, 1.165) is 11.4 Å². The highest BCUT2D eigenvalue weighted by Crippen LogP contribution is 2.10. The minimum atomic E-state index is -0.235. The Hall–Kier alpha value is -1.94. The van der Waals surface area contributed by atoms with E-state index in [2.05, 4.69) is 10.3 Å². The zero-order valence-corrected chi connectivity index (χ0v) is 10.2. The summed E-state index contributed by atoms with van der Waals surface area (Å²) < 4.78 is 18.8. The number of pyridine rings is 1. The molecular formula is C14H15FN2O. The molecule has 2 rings (SSSR count). The standard InChI is InChI=1S/C14H15FN2O/c1-16-14-7-6-11(8-17-14)9-18-10-12-4-2-3-5-13(12)15/h2-8H,9-10H2,1H3,(H,16,17). The van der Waals surface area contributed by atoms with Crippen LogP contribution < -0.4 is 5.32 Å². The highest BCUT2D eigenvalue weighted by molar-refractivity contribution is 5.34. The van der Waals surface area contributed by atoms with E-state index in [1.807, 2.05) is 19.2 Å². The number of halogens is 1. The number of aromatic nitrogens is 1. The molecule has 0 fully saturated rings. The fourth-order valence-electron chi connectivity index (χ4n) is 1.55. The topological polar surface area (TPSA) is 34.1 Å². The molecule has 1 heterocycles. The Morgan fingerprint density at radius 3 is 2.67 bits per heavy atom. The van der Waals surface area contributed by atoms with Gasteiger partial charge in [0.25, 0.3) is 0 Å². The molecule has 18 heavy (non-hydrogen) atoms. The number of nitrogens with one attached hydrogen (secondary N) is 1. The van der Waals surface area contributed by atoms with Crippen molar-refractivity contribution in [2.24, 2.45) is 0 Å². The van der Waals surface area contributed by atoms with Crippen LogP contribution in [0.25, 0.3) is 0 Å². The van der Waals surface area contributed by atoms with Gasteiger partial charge >= 0.3 is 0 Å². The molecule has 3 nitrogen and oxygen atoms in total. The monoisotopic (exact) mass is 246 g/mol. The van der Waals surface area contributed by atoms with Gasteiger partial charge in [-0.1, -0.05) is 24.3 Å². The Balaban J connectivity index is 1.86. The lowest BCUT2D eigenvalue weighted by molar-refractivity contribution is 0.104. The van der Waals surface area contributed by atoms with E-state index in [0.29, 0.717) is 12.2 Å². The van der Waals surface area contributed by atoms with Crippen LogP contribution in [-0.2, 0) is 18.0 Å². The van der Waals surface area contributed by atoms with Crippen molar-refractivity contribution in [3.05, 3.63) is 59.5 Å². The SMILES string of the molecule is CNc1ccc(COCc2ccccc2F)cn1. The van der Waals surface area contributed by atoms with Gasteiger partial charge in [-0.25, -0.2) is 9.37 Å². The van der Waals surface area contributed by atoms with Crippen LogP contribution in [0.5, 0.6) is 0 Å². The molecule has 0 amide bonds. The minimum Gasteiger partial charge on any atom is -0.373 e. The van der Waals surface area contributed by atoms with Gasteiger partial charge in [-0.15, -0.1) is 0 Å². The maximum atomic E-state index is 13.3. The summed E-state index contributed by atoms with van der Waals surface area (Å²) in [7, 11) is 1.82. The van der Waals surface area contributed by atoms with Crippen molar-refractivity contribution in [2.45, 2.75) is 13.2 Å². The van der Waals surface area contributed by atoms with Gasteiger partial charge in [-0.05, 0) is 17.7 Å². The maximum absolute atomic E-state index is 13.3. The lowest BCUT2D eigenvalue weighted by Gasteiger charge is -2.06. The van der Waals surface area contributed by atoms with Crippen LogP contribution in [0.3, 0.4) is 0 Å². The summed E-state index contributed by atoms with van der Waals surface area (Å²) >= 11 is 0. The molecular weight excluding hydrogens is 231 g/mol. The van der Waals surface area contributed by atoms with Gasteiger partial charge in [0.05, 0.1) is 13.2 Å². The highest BCUT2D eigenvalue weighted by atomic mass is 19.1. The number of nitrogens with zero attached hydrogens (tertiary/aromatic N) is 1. The molecule has 0 aliphatic carbocycles. The van der Waals surface area contributed by atoms with Gasteiger partial charge in [0.1, 0.15) is 11.6 Å². The van der Waals surface area contributed by atoms with E-state index in [4.69, 9.17) is 4.74 Å². The Morgan fingerprint density at radius 2 is 2.00 bits per heavy atom. The van der Waals surface area contributed by atoms with Crippen LogP contribution in [0.2, 0.25) is 0 Å². The average Bonchev–Trinajstić information content (AvgIpc) is 2.42. The lowest BCUT2D eigenvalue weighted by Crippen LogP contribution is -1.98. The first-order valence-corrected chi connectivity index (χ1v) is 5.73. The molecule has 0 aliphatic heterocycles. The smallest absolute Gasteiger partial charge is 0.128 e. The van der Waals surface area contributed by atoms with Gasteiger partial charge in [-0.2, -0.15) is 0 Å². The van der Waals surface area contributed by atoms with Gasteiger partial charge in [-0.3, -0.25) is 0 Å². The molecule has 2 aromatic rings. The summed E-state index contributed by atoms with van der Waals surface area (Å²) in [5.74, 6) is 0.578. The van der Waals surface area contributed by atoms with Gasteiger partial charge < -0.3 is 10.1 Å². The summed E-state index contributed by atoms with van der Waals surface area (Å²) in [6.07, 6.45) is 1.74. The number of hydrogen-bond donors (Lipinski definition) is 1.